The van der Waals surface area contributed by atoms with E-state index in [0.29, 0.717) is 11.8 Å². The van der Waals surface area contributed by atoms with Crippen molar-refractivity contribution >= 4 is 17.3 Å². The van der Waals surface area contributed by atoms with Gasteiger partial charge in [-0.15, -0.1) is 0 Å². The molecule has 4 rings (SSSR count). The van der Waals surface area contributed by atoms with Crippen molar-refractivity contribution < 1.29 is 10.3 Å². The van der Waals surface area contributed by atoms with Crippen molar-refractivity contribution in [2.24, 2.45) is 0 Å². The molecule has 0 spiro atoms. The van der Waals surface area contributed by atoms with Crippen LogP contribution in [0.15, 0.2) is 36.7 Å². The fourth-order valence-electron chi connectivity index (χ4n) is 5.07. The van der Waals surface area contributed by atoms with Crippen LogP contribution in [-0.2, 0) is 0 Å². The van der Waals surface area contributed by atoms with E-state index in [1.165, 1.54) is 18.5 Å². The molecule has 0 bridgehead atoms. The van der Waals surface area contributed by atoms with E-state index in [-0.39, 0.29) is 23.7 Å². The van der Waals surface area contributed by atoms with Crippen LogP contribution in [0.2, 0.25) is 0 Å². The molecule has 182 valence electrons. The quantitative estimate of drug-likeness (QED) is 0.659. The summed E-state index contributed by atoms with van der Waals surface area (Å²) < 4.78 is 0. The Morgan fingerprint density at radius 3 is 2.21 bits per heavy atom. The van der Waals surface area contributed by atoms with Crippen LogP contribution in [0, 0.1) is 0 Å². The molecule has 0 radical (unpaired) electrons. The number of pyridine rings is 1. The molecular weight excluding hydrogens is 414 g/mol. The zero-order valence-electron chi connectivity index (χ0n) is 20.6. The van der Waals surface area contributed by atoms with Crippen LogP contribution in [0.3, 0.4) is 0 Å². The molecule has 2 fully saturated rings. The minimum absolute atomic E-state index is 0. The van der Waals surface area contributed by atoms with Gasteiger partial charge in [-0.25, -0.2) is 0 Å². The summed E-state index contributed by atoms with van der Waals surface area (Å²) in [4.78, 5) is 22.8. The van der Waals surface area contributed by atoms with Gasteiger partial charge in [0.05, 0.1) is 17.6 Å². The Morgan fingerprint density at radius 1 is 0.970 bits per heavy atom. The number of benzene rings is 1. The number of amides is 1. The number of rotatable bonds is 6. The summed E-state index contributed by atoms with van der Waals surface area (Å²) in [5, 5.41) is 3.39. The largest absolute Gasteiger partial charge is 0.412 e. The monoisotopic (exact) mass is 455 g/mol. The first kappa shape index (κ1) is 26.6. The maximum absolute atomic E-state index is 13.6. The van der Waals surface area contributed by atoms with Crippen molar-refractivity contribution in [1.29, 1.82) is 0 Å². The molecule has 7 nitrogen and oxygen atoms in total. The first-order valence-corrected chi connectivity index (χ1v) is 11.9. The highest BCUT2D eigenvalue weighted by Crippen LogP contribution is 2.35. The standard InChI is InChI=1S/C26H36N4O.H3N.H2O/c1-18(2)20-9-7-10-21(19(3)4)25(20)26(31)28-24-11-8-16-30(24)23-17-27-13-12-22(23)29-14-5-6-15-29;;/h7,9-10,12-13,17-19,24H,5-6,8,11,14-16H2,1-4H3,(H,28,31);1H3;1H2. The third-order valence-corrected chi connectivity index (χ3v) is 6.68. The van der Waals surface area contributed by atoms with Crippen molar-refractivity contribution in [3.05, 3.63) is 53.3 Å². The van der Waals surface area contributed by atoms with E-state index in [9.17, 15) is 4.79 Å². The normalized spacial score (nSPS) is 17.8. The second-order valence-electron chi connectivity index (χ2n) is 9.50. The number of nitrogens with one attached hydrogen (secondary N) is 1. The fraction of sp³-hybridized carbons (Fsp3) is 0.538. The van der Waals surface area contributed by atoms with Crippen LogP contribution in [0.1, 0.15) is 86.7 Å². The highest BCUT2D eigenvalue weighted by atomic mass is 16.1. The zero-order valence-corrected chi connectivity index (χ0v) is 20.6. The number of aromatic nitrogens is 1. The van der Waals surface area contributed by atoms with E-state index in [4.69, 9.17) is 0 Å². The lowest BCUT2D eigenvalue weighted by atomic mass is 9.88. The topological polar surface area (TPSA) is 115 Å². The molecule has 33 heavy (non-hydrogen) atoms. The van der Waals surface area contributed by atoms with Gasteiger partial charge < -0.3 is 26.7 Å². The lowest BCUT2D eigenvalue weighted by molar-refractivity contribution is 0.0935. The Labute approximate surface area is 198 Å². The second-order valence-corrected chi connectivity index (χ2v) is 9.50. The highest BCUT2D eigenvalue weighted by Gasteiger charge is 2.31. The third kappa shape index (κ3) is 5.47. The smallest absolute Gasteiger partial charge is 0.253 e. The van der Waals surface area contributed by atoms with Gasteiger partial charge in [0.2, 0.25) is 0 Å². The number of carbonyl (C=O) groups excluding carboxylic acids is 1. The highest BCUT2D eigenvalue weighted by molar-refractivity contribution is 5.98. The van der Waals surface area contributed by atoms with Crippen LogP contribution in [0.25, 0.3) is 0 Å². The summed E-state index contributed by atoms with van der Waals surface area (Å²) in [6.45, 7) is 11.8. The van der Waals surface area contributed by atoms with E-state index < -0.39 is 0 Å². The van der Waals surface area contributed by atoms with Gasteiger partial charge in [0.1, 0.15) is 6.17 Å². The van der Waals surface area contributed by atoms with Crippen LogP contribution < -0.4 is 21.3 Å². The molecule has 2 aliphatic rings. The summed E-state index contributed by atoms with van der Waals surface area (Å²) in [5.41, 5.74) is 5.53. The number of hydrogen-bond acceptors (Lipinski definition) is 5. The van der Waals surface area contributed by atoms with Gasteiger partial charge >= 0.3 is 0 Å². The summed E-state index contributed by atoms with van der Waals surface area (Å²) in [6, 6.07) is 8.42. The molecule has 1 aromatic carbocycles. The summed E-state index contributed by atoms with van der Waals surface area (Å²) in [5.74, 6) is 0.662. The average Bonchev–Trinajstić information content (AvgIpc) is 3.45. The molecular formula is C26H41N5O2. The first-order chi connectivity index (χ1) is 15.0. The Kier molecular flexibility index (Phi) is 9.25. The number of carbonyl (C=O) groups is 1. The summed E-state index contributed by atoms with van der Waals surface area (Å²) >= 11 is 0. The molecule has 2 aromatic rings. The number of anilines is 2. The van der Waals surface area contributed by atoms with Crippen molar-refractivity contribution in [2.45, 2.75) is 71.4 Å². The maximum atomic E-state index is 13.6. The lowest BCUT2D eigenvalue weighted by Gasteiger charge is -2.32. The predicted molar refractivity (Wildman–Crippen MR) is 137 cm³/mol. The molecule has 0 aliphatic carbocycles. The molecule has 1 amide bonds. The van der Waals surface area contributed by atoms with Crippen molar-refractivity contribution in [3.8, 4) is 0 Å². The molecule has 0 saturated carbocycles. The fourth-order valence-corrected chi connectivity index (χ4v) is 5.07. The van der Waals surface area contributed by atoms with E-state index >= 15 is 0 Å². The maximum Gasteiger partial charge on any atom is 0.253 e. The van der Waals surface area contributed by atoms with Crippen LogP contribution in [-0.4, -0.2) is 42.2 Å². The molecule has 1 unspecified atom stereocenters. The van der Waals surface area contributed by atoms with Crippen LogP contribution >= 0.6 is 0 Å². The molecule has 7 heteroatoms. The lowest BCUT2D eigenvalue weighted by Crippen LogP contribution is -2.45. The van der Waals surface area contributed by atoms with Crippen LogP contribution in [0.4, 0.5) is 11.4 Å². The van der Waals surface area contributed by atoms with E-state index in [1.807, 2.05) is 12.4 Å². The van der Waals surface area contributed by atoms with Gasteiger partial charge in [0.25, 0.3) is 5.91 Å². The summed E-state index contributed by atoms with van der Waals surface area (Å²) in [6.07, 6.45) is 8.37. The molecule has 2 aliphatic heterocycles. The predicted octanol–water partition coefficient (Wildman–Crippen LogP) is 4.62. The molecule has 1 atom stereocenters. The zero-order chi connectivity index (χ0) is 22.0. The average molecular weight is 456 g/mol. The van der Waals surface area contributed by atoms with Gasteiger partial charge in [-0.2, -0.15) is 0 Å². The van der Waals surface area contributed by atoms with Gasteiger partial charge in [0.15, 0.2) is 0 Å². The molecule has 1 aromatic heterocycles. The van der Waals surface area contributed by atoms with Gasteiger partial charge in [-0.3, -0.25) is 9.78 Å². The molecule has 6 N–H and O–H groups in total. The third-order valence-electron chi connectivity index (χ3n) is 6.68. The first-order valence-electron chi connectivity index (χ1n) is 11.9. The van der Waals surface area contributed by atoms with Crippen LogP contribution in [0.5, 0.6) is 0 Å². The Morgan fingerprint density at radius 2 is 1.61 bits per heavy atom. The van der Waals surface area contributed by atoms with Gasteiger partial charge in [0, 0.05) is 31.4 Å². The van der Waals surface area contributed by atoms with E-state index in [0.717, 1.165) is 54.9 Å². The number of nitrogens with zero attached hydrogens (tertiary/aromatic N) is 3. The minimum atomic E-state index is -0.00159. The van der Waals surface area contributed by atoms with Crippen molar-refractivity contribution in [3.63, 3.8) is 0 Å². The van der Waals surface area contributed by atoms with Gasteiger partial charge in [-0.05, 0) is 54.7 Å². The van der Waals surface area contributed by atoms with Gasteiger partial charge in [-0.1, -0.05) is 45.9 Å². The second kappa shape index (κ2) is 11.5. The number of hydrogen-bond donors (Lipinski definition) is 2. The Balaban J connectivity index is 0.00000193. The molecule has 2 saturated heterocycles. The summed E-state index contributed by atoms with van der Waals surface area (Å²) in [7, 11) is 0. The minimum Gasteiger partial charge on any atom is -0.412 e. The van der Waals surface area contributed by atoms with Crippen molar-refractivity contribution in [2.75, 3.05) is 29.4 Å². The Bertz CT molecular complexity index is 898. The SMILES string of the molecule is CC(C)c1cccc(C(C)C)c1C(=O)NC1CCCN1c1cnccc1N1CCCC1.N.O. The van der Waals surface area contributed by atoms with E-state index in [1.54, 1.807) is 0 Å². The van der Waals surface area contributed by atoms with Crippen molar-refractivity contribution in [1.82, 2.24) is 16.5 Å². The van der Waals surface area contributed by atoms with E-state index in [2.05, 4.69) is 72.1 Å². The Hall–Kier alpha value is -2.64. The molecule has 3 heterocycles.